The molecule has 1 rings (SSSR count). The third kappa shape index (κ3) is 1.39. The van der Waals surface area contributed by atoms with Crippen molar-refractivity contribution in [1.29, 1.82) is 0 Å². The molecule has 0 saturated heterocycles. The van der Waals surface area contributed by atoms with E-state index in [0.717, 1.165) is 11.1 Å². The van der Waals surface area contributed by atoms with E-state index in [2.05, 4.69) is 4.98 Å². The molecule has 2 N–H and O–H groups in total. The molecule has 0 atom stereocenters. The summed E-state index contributed by atoms with van der Waals surface area (Å²) in [6.07, 6.45) is 1.73. The largest absolute Gasteiger partial charge is 0.384 e. The fourth-order valence-corrected chi connectivity index (χ4v) is 1.02. The number of alkyl halides is 1. The van der Waals surface area contributed by atoms with Crippen LogP contribution >= 0.6 is 11.6 Å². The van der Waals surface area contributed by atoms with Gasteiger partial charge in [0.05, 0.1) is 0 Å². The number of aryl methyl sites for hydroxylation is 1. The number of anilines is 1. The van der Waals surface area contributed by atoms with Gasteiger partial charge in [-0.1, -0.05) is 0 Å². The Hall–Kier alpha value is -0.760. The quantitative estimate of drug-likeness (QED) is 0.629. The van der Waals surface area contributed by atoms with E-state index in [-0.39, 0.29) is 0 Å². The molecular formula is C7H9ClN2. The second-order valence-corrected chi connectivity index (χ2v) is 2.44. The number of pyridine rings is 1. The zero-order chi connectivity index (χ0) is 7.56. The molecule has 0 spiro atoms. The maximum atomic E-state index is 5.62. The molecule has 2 nitrogen and oxygen atoms in total. The highest BCUT2D eigenvalue weighted by Gasteiger charge is 1.96. The molecule has 10 heavy (non-hydrogen) atoms. The molecule has 0 aliphatic heterocycles. The third-order valence-corrected chi connectivity index (χ3v) is 1.67. The van der Waals surface area contributed by atoms with Gasteiger partial charge < -0.3 is 5.73 Å². The molecule has 0 aliphatic carbocycles. The van der Waals surface area contributed by atoms with E-state index >= 15 is 0 Å². The van der Waals surface area contributed by atoms with E-state index in [1.807, 2.05) is 6.92 Å². The Morgan fingerprint density at radius 3 is 2.90 bits per heavy atom. The Kier molecular flexibility index (Phi) is 2.12. The molecular weight excluding hydrogens is 148 g/mol. The summed E-state index contributed by atoms with van der Waals surface area (Å²) in [4.78, 5) is 3.91. The lowest BCUT2D eigenvalue weighted by Gasteiger charge is -2.00. The number of nitrogens with two attached hydrogens (primary N) is 1. The summed E-state index contributed by atoms with van der Waals surface area (Å²) in [6, 6.07) is 1.79. The number of halogens is 1. The highest BCUT2D eigenvalue weighted by Crippen LogP contribution is 2.11. The van der Waals surface area contributed by atoms with E-state index in [1.165, 1.54) is 0 Å². The van der Waals surface area contributed by atoms with Crippen molar-refractivity contribution in [3.05, 3.63) is 23.4 Å². The van der Waals surface area contributed by atoms with E-state index in [4.69, 9.17) is 17.3 Å². The van der Waals surface area contributed by atoms with E-state index in [0.29, 0.717) is 11.7 Å². The molecule has 0 unspecified atom stereocenters. The summed E-state index contributed by atoms with van der Waals surface area (Å²) in [5, 5.41) is 0. The van der Waals surface area contributed by atoms with Crippen LogP contribution in [0.25, 0.3) is 0 Å². The van der Waals surface area contributed by atoms with Gasteiger partial charge >= 0.3 is 0 Å². The first-order valence-electron chi connectivity index (χ1n) is 3.01. The van der Waals surface area contributed by atoms with Crippen molar-refractivity contribution in [3.63, 3.8) is 0 Å². The van der Waals surface area contributed by atoms with E-state index in [1.54, 1.807) is 12.3 Å². The van der Waals surface area contributed by atoms with E-state index < -0.39 is 0 Å². The maximum Gasteiger partial charge on any atom is 0.123 e. The van der Waals surface area contributed by atoms with Crippen LogP contribution in [0.2, 0.25) is 0 Å². The third-order valence-electron chi connectivity index (χ3n) is 1.38. The minimum absolute atomic E-state index is 0.499. The fourth-order valence-electron chi connectivity index (χ4n) is 0.728. The zero-order valence-corrected chi connectivity index (χ0v) is 6.52. The molecule has 0 aromatic carbocycles. The lowest BCUT2D eigenvalue weighted by molar-refractivity contribution is 1.21. The van der Waals surface area contributed by atoms with Crippen LogP contribution in [0.15, 0.2) is 12.3 Å². The van der Waals surface area contributed by atoms with Crippen LogP contribution in [-0.2, 0) is 5.88 Å². The summed E-state index contributed by atoms with van der Waals surface area (Å²) < 4.78 is 0. The Bertz CT molecular complexity index is 235. The summed E-state index contributed by atoms with van der Waals surface area (Å²) in [5.41, 5.74) is 7.57. The van der Waals surface area contributed by atoms with Gasteiger partial charge in [0.25, 0.3) is 0 Å². The number of aromatic nitrogens is 1. The lowest BCUT2D eigenvalue weighted by atomic mass is 10.2. The van der Waals surface area contributed by atoms with Crippen molar-refractivity contribution < 1.29 is 0 Å². The minimum atomic E-state index is 0.499. The summed E-state index contributed by atoms with van der Waals surface area (Å²) >= 11 is 5.62. The van der Waals surface area contributed by atoms with Crippen LogP contribution in [0.5, 0.6) is 0 Å². The van der Waals surface area contributed by atoms with Gasteiger partial charge in [0, 0.05) is 12.1 Å². The molecule has 0 amide bonds. The van der Waals surface area contributed by atoms with Crippen molar-refractivity contribution in [2.45, 2.75) is 12.8 Å². The summed E-state index contributed by atoms with van der Waals surface area (Å²) in [7, 11) is 0. The summed E-state index contributed by atoms with van der Waals surface area (Å²) in [6.45, 7) is 1.96. The van der Waals surface area contributed by atoms with Crippen LogP contribution in [0.4, 0.5) is 5.82 Å². The van der Waals surface area contributed by atoms with Gasteiger partial charge in [0.15, 0.2) is 0 Å². The highest BCUT2D eigenvalue weighted by molar-refractivity contribution is 6.17. The first-order valence-corrected chi connectivity index (χ1v) is 3.54. The molecule has 0 aliphatic rings. The predicted octanol–water partition coefficient (Wildman–Crippen LogP) is 1.71. The molecule has 1 aromatic heterocycles. The fraction of sp³-hybridized carbons (Fsp3) is 0.286. The van der Waals surface area contributed by atoms with Crippen LogP contribution in [0.3, 0.4) is 0 Å². The standard InChI is InChI=1S/C7H9ClN2/c1-5-4-10-7(9)2-6(5)3-8/h2,4H,3H2,1H3,(H2,9,10). The molecule has 0 radical (unpaired) electrons. The smallest absolute Gasteiger partial charge is 0.123 e. The van der Waals surface area contributed by atoms with Crippen molar-refractivity contribution in [2.75, 3.05) is 5.73 Å². The summed E-state index contributed by atoms with van der Waals surface area (Å²) in [5.74, 6) is 1.03. The molecule has 0 fully saturated rings. The van der Waals surface area contributed by atoms with Gasteiger partial charge in [-0.3, -0.25) is 0 Å². The lowest BCUT2D eigenvalue weighted by Crippen LogP contribution is -1.93. The van der Waals surface area contributed by atoms with E-state index in [9.17, 15) is 0 Å². The number of hydrogen-bond donors (Lipinski definition) is 1. The Morgan fingerprint density at radius 1 is 1.70 bits per heavy atom. The average molecular weight is 157 g/mol. The van der Waals surface area contributed by atoms with Gasteiger partial charge in [-0.2, -0.15) is 0 Å². The van der Waals surface area contributed by atoms with Crippen LogP contribution < -0.4 is 5.73 Å². The second kappa shape index (κ2) is 2.88. The first kappa shape index (κ1) is 7.35. The molecule has 0 bridgehead atoms. The zero-order valence-electron chi connectivity index (χ0n) is 5.76. The normalized spacial score (nSPS) is 9.80. The second-order valence-electron chi connectivity index (χ2n) is 2.17. The molecule has 54 valence electrons. The minimum Gasteiger partial charge on any atom is -0.384 e. The highest BCUT2D eigenvalue weighted by atomic mass is 35.5. The van der Waals surface area contributed by atoms with Gasteiger partial charge in [0.2, 0.25) is 0 Å². The maximum absolute atomic E-state index is 5.62. The van der Waals surface area contributed by atoms with Gasteiger partial charge in [-0.25, -0.2) is 4.98 Å². The predicted molar refractivity (Wildman–Crippen MR) is 42.9 cm³/mol. The molecule has 3 heteroatoms. The SMILES string of the molecule is Cc1cnc(N)cc1CCl. The van der Waals surface area contributed by atoms with Gasteiger partial charge in [0.1, 0.15) is 5.82 Å². The number of hydrogen-bond acceptors (Lipinski definition) is 2. The monoisotopic (exact) mass is 156 g/mol. The number of nitrogens with zero attached hydrogens (tertiary/aromatic N) is 1. The van der Waals surface area contributed by atoms with Crippen LogP contribution in [0, 0.1) is 6.92 Å². The van der Waals surface area contributed by atoms with Gasteiger partial charge in [-0.05, 0) is 24.1 Å². The van der Waals surface area contributed by atoms with Crippen molar-refractivity contribution >= 4 is 17.4 Å². The number of nitrogen functional groups attached to an aromatic ring is 1. The molecule has 0 saturated carbocycles. The van der Waals surface area contributed by atoms with Crippen LogP contribution in [-0.4, -0.2) is 4.98 Å². The topological polar surface area (TPSA) is 38.9 Å². The molecule has 1 aromatic rings. The molecule has 1 heterocycles. The average Bonchev–Trinajstić information content (AvgIpc) is 1.94. The van der Waals surface area contributed by atoms with Gasteiger partial charge in [-0.15, -0.1) is 11.6 Å². The van der Waals surface area contributed by atoms with Crippen molar-refractivity contribution in [3.8, 4) is 0 Å². The number of rotatable bonds is 1. The Morgan fingerprint density at radius 2 is 2.40 bits per heavy atom. The van der Waals surface area contributed by atoms with Crippen molar-refractivity contribution in [1.82, 2.24) is 4.98 Å². The Balaban J connectivity index is 3.09. The Labute approximate surface area is 65.0 Å². The first-order chi connectivity index (χ1) is 4.74. The van der Waals surface area contributed by atoms with Crippen molar-refractivity contribution in [2.24, 2.45) is 0 Å². The van der Waals surface area contributed by atoms with Crippen LogP contribution in [0.1, 0.15) is 11.1 Å².